The first-order valence-electron chi connectivity index (χ1n) is 14.2. The first-order chi connectivity index (χ1) is 18.8. The Morgan fingerprint density at radius 1 is 1.21 bits per heavy atom. The zero-order valence-electron chi connectivity index (χ0n) is 24.1. The molecule has 1 aromatic rings. The summed E-state index contributed by atoms with van der Waals surface area (Å²) in [6, 6.07) is 10.9. The van der Waals surface area contributed by atoms with Gasteiger partial charge in [-0.05, 0) is 83.8 Å². The summed E-state index contributed by atoms with van der Waals surface area (Å²) >= 11 is 0. The fourth-order valence-electron chi connectivity index (χ4n) is 6.52. The van der Waals surface area contributed by atoms with E-state index in [1.807, 2.05) is 11.8 Å². The monoisotopic (exact) mass is 535 g/mol. The average Bonchev–Trinajstić information content (AvgIpc) is 3.18. The van der Waals surface area contributed by atoms with Crippen LogP contribution in [-0.2, 0) is 15.1 Å². The van der Waals surface area contributed by atoms with Crippen LogP contribution in [0.5, 0.6) is 0 Å². The summed E-state index contributed by atoms with van der Waals surface area (Å²) in [5, 5.41) is 2.79. The zero-order valence-corrected chi connectivity index (χ0v) is 24.1. The van der Waals surface area contributed by atoms with Crippen molar-refractivity contribution in [1.29, 1.82) is 0 Å². The Balaban J connectivity index is 1.46. The maximum Gasteiger partial charge on any atom is 0.320 e. The van der Waals surface area contributed by atoms with Gasteiger partial charge in [-0.2, -0.15) is 0 Å². The Kier molecular flexibility index (Phi) is 9.15. The van der Waals surface area contributed by atoms with Gasteiger partial charge in [0.05, 0.1) is 12.6 Å². The van der Waals surface area contributed by atoms with Crippen molar-refractivity contribution in [3.05, 3.63) is 59.6 Å². The summed E-state index contributed by atoms with van der Waals surface area (Å²) in [5.41, 5.74) is 1.15. The molecule has 3 amide bonds. The van der Waals surface area contributed by atoms with Gasteiger partial charge >= 0.3 is 6.03 Å². The Bertz CT molecular complexity index is 1080. The van der Waals surface area contributed by atoms with Crippen molar-refractivity contribution < 1.29 is 14.3 Å². The first-order valence-corrected chi connectivity index (χ1v) is 14.2. The predicted molar refractivity (Wildman–Crippen MR) is 155 cm³/mol. The molecule has 1 saturated heterocycles. The van der Waals surface area contributed by atoms with Crippen LogP contribution in [-0.4, -0.2) is 79.7 Å². The third kappa shape index (κ3) is 6.06. The smallest absolute Gasteiger partial charge is 0.320 e. The number of ether oxygens (including phenoxy) is 1. The summed E-state index contributed by atoms with van der Waals surface area (Å²) in [4.78, 5) is 36.9. The minimum absolute atomic E-state index is 0.0284. The van der Waals surface area contributed by atoms with Crippen molar-refractivity contribution in [3.8, 4) is 0 Å². The lowest BCUT2D eigenvalue weighted by molar-refractivity contribution is -0.120. The SMILES string of the molecule is C=N/C(=C\C(=C/C)OC)NC(=O)CCN1CC2(CCC(c3ccccc3)(N(C)C)CC2)N(CC2CCC2)C1=O. The minimum atomic E-state index is -0.196. The molecule has 2 saturated carbocycles. The Morgan fingerprint density at radius 3 is 2.44 bits per heavy atom. The molecule has 1 aromatic carbocycles. The molecule has 4 rings (SSSR count). The van der Waals surface area contributed by atoms with E-state index in [9.17, 15) is 9.59 Å². The Labute approximate surface area is 233 Å². The highest BCUT2D eigenvalue weighted by atomic mass is 16.5. The first kappa shape index (κ1) is 28.9. The fourth-order valence-corrected chi connectivity index (χ4v) is 6.52. The molecular weight excluding hydrogens is 490 g/mol. The van der Waals surface area contributed by atoms with Crippen LogP contribution in [0.2, 0.25) is 0 Å². The number of rotatable bonds is 11. The number of allylic oxidation sites excluding steroid dienone is 2. The van der Waals surface area contributed by atoms with E-state index in [4.69, 9.17) is 4.74 Å². The standard InChI is InChI=1S/C31H45N5O3/c1-6-26(39-5)21-27(32-2)33-28(37)15-20-35-23-30(36(29(35)38)22-24-11-10-12-24)16-18-31(19-17-30,34(3)4)25-13-8-7-9-14-25/h6-9,13-14,21,24H,2,10-12,15-20,22-23H2,1,3-5H3,(H,33,37)/b26-6+,27-21+. The summed E-state index contributed by atoms with van der Waals surface area (Å²) in [7, 11) is 5.91. The van der Waals surface area contributed by atoms with Crippen molar-refractivity contribution >= 4 is 18.7 Å². The molecule has 8 nitrogen and oxygen atoms in total. The molecule has 0 atom stereocenters. The lowest BCUT2D eigenvalue weighted by Crippen LogP contribution is -2.56. The van der Waals surface area contributed by atoms with Crippen LogP contribution < -0.4 is 5.32 Å². The van der Waals surface area contributed by atoms with Gasteiger partial charge in [-0.3, -0.25) is 9.69 Å². The largest absolute Gasteiger partial charge is 0.497 e. The number of hydrogen-bond acceptors (Lipinski definition) is 5. The van der Waals surface area contributed by atoms with Gasteiger partial charge in [0.25, 0.3) is 0 Å². The van der Waals surface area contributed by atoms with Gasteiger partial charge in [0.15, 0.2) is 0 Å². The molecule has 3 aliphatic rings. The molecular formula is C31H45N5O3. The van der Waals surface area contributed by atoms with Gasteiger partial charge in [0.2, 0.25) is 5.91 Å². The Hall–Kier alpha value is -3.13. The number of urea groups is 1. The minimum Gasteiger partial charge on any atom is -0.497 e. The van der Waals surface area contributed by atoms with Gasteiger partial charge in [0, 0.05) is 37.7 Å². The molecule has 0 unspecified atom stereocenters. The number of aliphatic imine (C=N–C) groups is 1. The molecule has 2 aliphatic carbocycles. The topological polar surface area (TPSA) is 77.5 Å². The summed E-state index contributed by atoms with van der Waals surface area (Å²) < 4.78 is 5.23. The molecule has 8 heteroatoms. The lowest BCUT2D eigenvalue weighted by Gasteiger charge is -2.51. The fraction of sp³-hybridized carbons (Fsp3) is 0.581. The number of carbonyl (C=O) groups is 2. The second kappa shape index (κ2) is 12.4. The molecule has 1 N–H and O–H groups in total. The van der Waals surface area contributed by atoms with Gasteiger partial charge in [-0.25, -0.2) is 9.79 Å². The molecule has 212 valence electrons. The summed E-state index contributed by atoms with van der Waals surface area (Å²) in [6.45, 7) is 7.29. The highest BCUT2D eigenvalue weighted by Crippen LogP contribution is 2.49. The third-order valence-electron chi connectivity index (χ3n) is 9.25. The van der Waals surface area contributed by atoms with E-state index in [0.717, 1.165) is 32.2 Å². The number of nitrogens with zero attached hydrogens (tertiary/aromatic N) is 4. The van der Waals surface area contributed by atoms with Gasteiger partial charge < -0.3 is 19.9 Å². The van der Waals surface area contributed by atoms with E-state index in [1.54, 1.807) is 19.3 Å². The van der Waals surface area contributed by atoms with Crippen LogP contribution in [0.3, 0.4) is 0 Å². The van der Waals surface area contributed by atoms with E-state index in [2.05, 4.69) is 71.3 Å². The van der Waals surface area contributed by atoms with Crippen molar-refractivity contribution in [2.24, 2.45) is 10.9 Å². The van der Waals surface area contributed by atoms with Gasteiger partial charge in [-0.15, -0.1) is 0 Å². The van der Waals surface area contributed by atoms with Crippen LogP contribution in [0.4, 0.5) is 4.79 Å². The van der Waals surface area contributed by atoms with E-state index in [0.29, 0.717) is 30.6 Å². The number of carbonyl (C=O) groups excluding carboxylic acids is 2. The van der Waals surface area contributed by atoms with E-state index in [1.165, 1.54) is 24.8 Å². The average molecular weight is 536 g/mol. The van der Waals surface area contributed by atoms with Crippen LogP contribution in [0.15, 0.2) is 59.1 Å². The zero-order chi connectivity index (χ0) is 28.0. The summed E-state index contributed by atoms with van der Waals surface area (Å²) in [6.07, 6.45) is 11.2. The van der Waals surface area contributed by atoms with Gasteiger partial charge in [-0.1, -0.05) is 36.8 Å². The predicted octanol–water partition coefficient (Wildman–Crippen LogP) is 4.89. The van der Waals surface area contributed by atoms with E-state index >= 15 is 0 Å². The molecule has 0 bridgehead atoms. The number of amides is 3. The normalized spacial score (nSPS) is 26.2. The van der Waals surface area contributed by atoms with Crippen LogP contribution >= 0.6 is 0 Å². The number of hydrogen-bond donors (Lipinski definition) is 1. The second-order valence-electron chi connectivity index (χ2n) is 11.5. The van der Waals surface area contributed by atoms with Crippen LogP contribution in [0, 0.1) is 5.92 Å². The second-order valence-corrected chi connectivity index (χ2v) is 11.5. The highest BCUT2D eigenvalue weighted by molar-refractivity contribution is 5.81. The molecule has 1 aliphatic heterocycles. The highest BCUT2D eigenvalue weighted by Gasteiger charge is 2.54. The molecule has 3 fully saturated rings. The van der Waals surface area contributed by atoms with Crippen molar-refractivity contribution in [2.75, 3.05) is 40.8 Å². The van der Waals surface area contributed by atoms with Crippen molar-refractivity contribution in [3.63, 3.8) is 0 Å². The molecule has 39 heavy (non-hydrogen) atoms. The Morgan fingerprint density at radius 2 is 1.90 bits per heavy atom. The molecule has 1 spiro atoms. The van der Waals surface area contributed by atoms with Gasteiger partial charge in [0.1, 0.15) is 11.6 Å². The van der Waals surface area contributed by atoms with Crippen molar-refractivity contribution in [2.45, 2.75) is 69.4 Å². The van der Waals surface area contributed by atoms with Crippen LogP contribution in [0.1, 0.15) is 63.9 Å². The van der Waals surface area contributed by atoms with Crippen molar-refractivity contribution in [1.82, 2.24) is 20.0 Å². The third-order valence-corrected chi connectivity index (χ3v) is 9.25. The van der Waals surface area contributed by atoms with E-state index < -0.39 is 0 Å². The lowest BCUT2D eigenvalue weighted by atomic mass is 9.68. The maximum absolute atomic E-state index is 13.8. The maximum atomic E-state index is 13.8. The summed E-state index contributed by atoms with van der Waals surface area (Å²) in [5.74, 6) is 1.32. The molecule has 0 aromatic heterocycles. The number of benzene rings is 1. The van der Waals surface area contributed by atoms with E-state index in [-0.39, 0.29) is 29.4 Å². The molecule has 1 heterocycles. The quantitative estimate of drug-likeness (QED) is 0.249. The molecule has 0 radical (unpaired) electrons. The van der Waals surface area contributed by atoms with Crippen LogP contribution in [0.25, 0.3) is 0 Å². The number of methoxy groups -OCH3 is 1. The number of nitrogens with one attached hydrogen (secondary N) is 1.